The molecule has 168 valence electrons. The fourth-order valence-electron chi connectivity index (χ4n) is 5.35. The maximum atomic E-state index is 13.7. The van der Waals surface area contributed by atoms with Gasteiger partial charge in [-0.25, -0.2) is 0 Å². The number of ketones is 2. The topological polar surface area (TPSA) is 161 Å². The average molecular weight is 440 g/mol. The molecule has 0 saturated heterocycles. The van der Waals surface area contributed by atoms with Gasteiger partial charge in [0, 0.05) is 5.92 Å². The lowest BCUT2D eigenvalue weighted by Gasteiger charge is -2.47. The van der Waals surface area contributed by atoms with Gasteiger partial charge < -0.3 is 26.2 Å². The SMILES string of the molecule is Cc1ccc(O)c2c(O)c3c(c(C)c12)CC1C(N(C)C)C(O)=C(C(N)=O)C(=O)C1(O)C3=O. The van der Waals surface area contributed by atoms with Crippen LogP contribution in [-0.2, 0) is 16.0 Å². The molecule has 0 radical (unpaired) electrons. The number of fused-ring (bicyclic) bond motifs is 3. The third-order valence-electron chi connectivity index (χ3n) is 6.82. The predicted molar refractivity (Wildman–Crippen MR) is 115 cm³/mol. The number of aromatic hydroxyl groups is 2. The number of rotatable bonds is 2. The number of aliphatic hydroxyl groups is 2. The number of aryl methyl sites for hydroxylation is 2. The molecule has 3 unspecified atom stereocenters. The third-order valence-corrected chi connectivity index (χ3v) is 6.82. The van der Waals surface area contributed by atoms with Gasteiger partial charge >= 0.3 is 0 Å². The number of primary amides is 1. The molecular formula is C23H24N2O7. The van der Waals surface area contributed by atoms with Crippen molar-refractivity contribution in [3.8, 4) is 11.5 Å². The average Bonchev–Trinajstić information content (AvgIpc) is 2.69. The van der Waals surface area contributed by atoms with E-state index in [0.29, 0.717) is 16.5 Å². The number of amides is 1. The fraction of sp³-hybridized carbons (Fsp3) is 0.348. The highest BCUT2D eigenvalue weighted by molar-refractivity contribution is 6.33. The van der Waals surface area contributed by atoms with Crippen LogP contribution in [0.3, 0.4) is 0 Å². The number of carbonyl (C=O) groups is 3. The molecule has 32 heavy (non-hydrogen) atoms. The number of aliphatic hydroxyl groups excluding tert-OH is 1. The Morgan fingerprint density at radius 2 is 1.72 bits per heavy atom. The largest absolute Gasteiger partial charge is 0.510 e. The van der Waals surface area contributed by atoms with Crippen LogP contribution in [0.15, 0.2) is 23.5 Å². The molecule has 9 nitrogen and oxygen atoms in total. The Morgan fingerprint density at radius 1 is 1.09 bits per heavy atom. The normalized spacial score (nSPS) is 25.3. The van der Waals surface area contributed by atoms with Crippen molar-refractivity contribution in [2.75, 3.05) is 14.1 Å². The number of likely N-dealkylation sites (N-methyl/N-ethyl adjacent to an activating group) is 1. The monoisotopic (exact) mass is 440 g/mol. The van der Waals surface area contributed by atoms with Gasteiger partial charge in [-0.3, -0.25) is 19.3 Å². The molecule has 2 aromatic rings. The Morgan fingerprint density at radius 3 is 2.28 bits per heavy atom. The number of phenols is 2. The van der Waals surface area contributed by atoms with Crippen molar-refractivity contribution in [3.63, 3.8) is 0 Å². The lowest BCUT2D eigenvalue weighted by molar-refractivity contribution is -0.140. The molecule has 0 fully saturated rings. The van der Waals surface area contributed by atoms with E-state index in [4.69, 9.17) is 5.73 Å². The summed E-state index contributed by atoms with van der Waals surface area (Å²) < 4.78 is 0. The highest BCUT2D eigenvalue weighted by atomic mass is 16.3. The standard InChI is InChI=1S/C23H24N2O7/c1-8-5-6-12(26)15-13(8)9(2)10-7-11-17(25(3)4)19(28)16(22(24)31)21(30)23(11,32)20(29)14(10)18(15)27/h5-6,11,17,26-28,32H,7H2,1-4H3,(H2,24,31). The Bertz CT molecular complexity index is 1280. The first-order valence-corrected chi connectivity index (χ1v) is 10.0. The second-order valence-electron chi connectivity index (χ2n) is 8.75. The molecule has 0 heterocycles. The van der Waals surface area contributed by atoms with E-state index in [1.54, 1.807) is 34.0 Å². The second kappa shape index (κ2) is 6.78. The Hall–Kier alpha value is -3.43. The van der Waals surface area contributed by atoms with E-state index in [2.05, 4.69) is 0 Å². The Labute approximate surface area is 183 Å². The summed E-state index contributed by atoms with van der Waals surface area (Å²) in [6.45, 7) is 3.52. The third kappa shape index (κ3) is 2.49. The van der Waals surface area contributed by atoms with Crippen molar-refractivity contribution < 1.29 is 34.8 Å². The van der Waals surface area contributed by atoms with Crippen molar-refractivity contribution >= 4 is 28.2 Å². The number of benzene rings is 2. The van der Waals surface area contributed by atoms with Crippen LogP contribution in [-0.4, -0.2) is 68.5 Å². The zero-order valence-electron chi connectivity index (χ0n) is 18.1. The van der Waals surface area contributed by atoms with Crippen LogP contribution < -0.4 is 5.73 Å². The maximum Gasteiger partial charge on any atom is 0.255 e. The van der Waals surface area contributed by atoms with Crippen LogP contribution in [0.2, 0.25) is 0 Å². The molecule has 2 aliphatic rings. The van der Waals surface area contributed by atoms with Crippen LogP contribution in [0, 0.1) is 19.8 Å². The molecule has 0 spiro atoms. The number of Topliss-reactive ketones (excluding diaryl/α,β-unsaturated/α-hetero) is 2. The minimum absolute atomic E-state index is 0.0394. The van der Waals surface area contributed by atoms with Crippen LogP contribution in [0.4, 0.5) is 0 Å². The second-order valence-corrected chi connectivity index (χ2v) is 8.75. The van der Waals surface area contributed by atoms with Crippen molar-refractivity contribution in [1.29, 1.82) is 0 Å². The molecule has 0 bridgehead atoms. The zero-order chi connectivity index (χ0) is 23.9. The number of nitrogens with two attached hydrogens (primary N) is 1. The highest BCUT2D eigenvalue weighted by Gasteiger charge is 2.63. The quantitative estimate of drug-likeness (QED) is 0.338. The maximum absolute atomic E-state index is 13.7. The van der Waals surface area contributed by atoms with Gasteiger partial charge in [0.2, 0.25) is 11.6 Å². The Balaban J connectivity index is 2.11. The predicted octanol–water partition coefficient (Wildman–Crippen LogP) is 0.764. The first-order chi connectivity index (χ1) is 14.8. The van der Waals surface area contributed by atoms with Gasteiger partial charge in [-0.2, -0.15) is 0 Å². The lowest BCUT2D eigenvalue weighted by atomic mass is 9.60. The number of hydrogen-bond donors (Lipinski definition) is 5. The summed E-state index contributed by atoms with van der Waals surface area (Å²) in [5.74, 6) is -6.21. The van der Waals surface area contributed by atoms with Gasteiger partial charge in [0.25, 0.3) is 5.91 Å². The number of nitrogens with zero attached hydrogens (tertiary/aromatic N) is 1. The molecule has 3 atom stereocenters. The number of carbonyl (C=O) groups excluding carboxylic acids is 3. The van der Waals surface area contributed by atoms with Crippen LogP contribution >= 0.6 is 0 Å². The van der Waals surface area contributed by atoms with E-state index >= 15 is 0 Å². The molecule has 0 saturated carbocycles. The highest BCUT2D eigenvalue weighted by Crippen LogP contribution is 2.50. The van der Waals surface area contributed by atoms with E-state index in [1.165, 1.54) is 11.0 Å². The van der Waals surface area contributed by atoms with Crippen molar-refractivity contribution in [3.05, 3.63) is 45.7 Å². The fourth-order valence-corrected chi connectivity index (χ4v) is 5.35. The van der Waals surface area contributed by atoms with E-state index < -0.39 is 52.1 Å². The van der Waals surface area contributed by atoms with Crippen LogP contribution in [0.5, 0.6) is 11.5 Å². The molecular weight excluding hydrogens is 416 g/mol. The van der Waals surface area contributed by atoms with Gasteiger partial charge in [-0.15, -0.1) is 0 Å². The molecule has 4 rings (SSSR count). The molecule has 2 aliphatic carbocycles. The number of hydrogen-bond acceptors (Lipinski definition) is 8. The van der Waals surface area contributed by atoms with Crippen LogP contribution in [0.25, 0.3) is 10.8 Å². The summed E-state index contributed by atoms with van der Waals surface area (Å²) >= 11 is 0. The molecule has 0 aliphatic heterocycles. The summed E-state index contributed by atoms with van der Waals surface area (Å²) in [6, 6.07) is 2.01. The van der Waals surface area contributed by atoms with Gasteiger partial charge in [0.1, 0.15) is 22.8 Å². The van der Waals surface area contributed by atoms with Gasteiger partial charge in [0.15, 0.2) is 5.60 Å². The van der Waals surface area contributed by atoms with Gasteiger partial charge in [-0.1, -0.05) is 6.07 Å². The van der Waals surface area contributed by atoms with Crippen LogP contribution in [0.1, 0.15) is 27.0 Å². The van der Waals surface area contributed by atoms with E-state index in [9.17, 15) is 34.8 Å². The Kier molecular flexibility index (Phi) is 4.62. The minimum Gasteiger partial charge on any atom is -0.510 e. The zero-order valence-corrected chi connectivity index (χ0v) is 18.1. The summed E-state index contributed by atoms with van der Waals surface area (Å²) in [6.07, 6.45) is -0.0489. The molecule has 0 aromatic heterocycles. The first-order valence-electron chi connectivity index (χ1n) is 10.0. The molecule has 2 aromatic carbocycles. The summed E-state index contributed by atoms with van der Waals surface area (Å²) in [7, 11) is 3.14. The van der Waals surface area contributed by atoms with Crippen molar-refractivity contribution in [2.45, 2.75) is 31.9 Å². The van der Waals surface area contributed by atoms with Crippen molar-refractivity contribution in [2.24, 2.45) is 11.7 Å². The lowest BCUT2D eigenvalue weighted by Crippen LogP contribution is -2.66. The molecule has 1 amide bonds. The van der Waals surface area contributed by atoms with E-state index in [1.807, 2.05) is 0 Å². The van der Waals surface area contributed by atoms with Crippen molar-refractivity contribution in [1.82, 2.24) is 4.90 Å². The molecule has 9 heteroatoms. The minimum atomic E-state index is -2.73. The number of phenolic OH excluding ortho intramolecular Hbond substituents is 2. The first kappa shape index (κ1) is 21.8. The van der Waals surface area contributed by atoms with Gasteiger partial charge in [-0.05, 0) is 62.5 Å². The smallest absolute Gasteiger partial charge is 0.255 e. The molecule has 6 N–H and O–H groups in total. The summed E-state index contributed by atoms with van der Waals surface area (Å²) in [5, 5.41) is 44.2. The van der Waals surface area contributed by atoms with E-state index in [0.717, 1.165) is 5.56 Å². The van der Waals surface area contributed by atoms with Gasteiger partial charge in [0.05, 0.1) is 17.0 Å². The van der Waals surface area contributed by atoms with E-state index in [-0.39, 0.29) is 23.1 Å². The summed E-state index contributed by atoms with van der Waals surface area (Å²) in [4.78, 5) is 40.3. The summed E-state index contributed by atoms with van der Waals surface area (Å²) in [5.41, 5.74) is 3.20.